The van der Waals surface area contributed by atoms with E-state index < -0.39 is 0 Å². The first kappa shape index (κ1) is 19.2. The minimum atomic E-state index is 0.0298. The Bertz CT molecular complexity index is 544. The normalized spacial score (nSPS) is 14.2. The molecule has 1 amide bonds. The van der Waals surface area contributed by atoms with E-state index in [1.165, 1.54) is 12.8 Å². The van der Waals surface area contributed by atoms with E-state index in [1.54, 1.807) is 7.05 Å². The predicted octanol–water partition coefficient (Wildman–Crippen LogP) is 1.63. The molecule has 0 bridgehead atoms. The fraction of sp³-hybridized carbons (Fsp3) is 0.579. The molecule has 138 valence electrons. The molecule has 1 aromatic rings. The third-order valence-corrected chi connectivity index (χ3v) is 4.16. The minimum absolute atomic E-state index is 0.0298. The highest BCUT2D eigenvalue weighted by molar-refractivity contribution is 5.81. The number of amides is 1. The van der Waals surface area contributed by atoms with Crippen molar-refractivity contribution in [3.63, 3.8) is 0 Å². The maximum absolute atomic E-state index is 11.9. The Morgan fingerprint density at radius 2 is 2.04 bits per heavy atom. The maximum Gasteiger partial charge on any atom is 0.222 e. The fourth-order valence-corrected chi connectivity index (χ4v) is 2.40. The van der Waals surface area contributed by atoms with Crippen LogP contribution in [-0.4, -0.2) is 57.2 Å². The van der Waals surface area contributed by atoms with Crippen LogP contribution in [0, 0.1) is 5.92 Å². The Kier molecular flexibility index (Phi) is 8.25. The molecule has 0 atom stereocenters. The van der Waals surface area contributed by atoms with Crippen LogP contribution in [0.2, 0.25) is 0 Å². The van der Waals surface area contributed by atoms with E-state index in [0.717, 1.165) is 30.6 Å². The second-order valence-electron chi connectivity index (χ2n) is 6.43. The number of aliphatic imine (C=N–C) groups is 1. The molecule has 0 spiro atoms. The fourth-order valence-electron chi connectivity index (χ4n) is 2.40. The number of nitrogens with one attached hydrogen (secondary N) is 2. The van der Waals surface area contributed by atoms with E-state index in [4.69, 9.17) is 4.74 Å². The van der Waals surface area contributed by atoms with Gasteiger partial charge in [0, 0.05) is 46.8 Å². The molecule has 2 N–H and O–H groups in total. The summed E-state index contributed by atoms with van der Waals surface area (Å²) in [4.78, 5) is 18.2. The van der Waals surface area contributed by atoms with Crippen LogP contribution in [-0.2, 0) is 16.1 Å². The molecule has 1 aliphatic rings. The van der Waals surface area contributed by atoms with Crippen LogP contribution in [0.15, 0.2) is 35.3 Å². The zero-order chi connectivity index (χ0) is 17.9. The third-order valence-electron chi connectivity index (χ3n) is 4.16. The van der Waals surface area contributed by atoms with E-state index in [2.05, 4.69) is 15.6 Å². The van der Waals surface area contributed by atoms with Gasteiger partial charge in [-0.1, -0.05) is 30.3 Å². The van der Waals surface area contributed by atoms with Crippen LogP contribution in [0.1, 0.15) is 24.8 Å². The zero-order valence-electron chi connectivity index (χ0n) is 15.3. The number of ether oxygens (including phenoxy) is 1. The summed E-state index contributed by atoms with van der Waals surface area (Å²) in [7, 11) is 3.73. The maximum atomic E-state index is 11.9. The molecule has 0 saturated heterocycles. The van der Waals surface area contributed by atoms with Gasteiger partial charge in [-0.05, 0) is 24.3 Å². The quantitative estimate of drug-likeness (QED) is 0.384. The first-order valence-electron chi connectivity index (χ1n) is 8.99. The number of carbonyl (C=O) groups excluding carboxylic acids is 1. The summed E-state index contributed by atoms with van der Waals surface area (Å²) in [6.07, 6.45) is 3.04. The number of benzene rings is 1. The van der Waals surface area contributed by atoms with E-state index in [1.807, 2.05) is 42.3 Å². The van der Waals surface area contributed by atoms with Gasteiger partial charge in [-0.25, -0.2) is 0 Å². The highest BCUT2D eigenvalue weighted by atomic mass is 16.5. The summed E-state index contributed by atoms with van der Waals surface area (Å²) < 4.78 is 5.65. The lowest BCUT2D eigenvalue weighted by Crippen LogP contribution is -2.42. The summed E-state index contributed by atoms with van der Waals surface area (Å²) in [6, 6.07) is 9.91. The van der Waals surface area contributed by atoms with Crippen LogP contribution in [0.3, 0.4) is 0 Å². The van der Waals surface area contributed by atoms with Gasteiger partial charge in [0.25, 0.3) is 0 Å². The summed E-state index contributed by atoms with van der Waals surface area (Å²) in [6.45, 7) is 3.48. The summed E-state index contributed by atoms with van der Waals surface area (Å²) in [5.41, 5.74) is 1.10. The molecular weight excluding hydrogens is 316 g/mol. The van der Waals surface area contributed by atoms with Gasteiger partial charge < -0.3 is 20.3 Å². The molecule has 1 saturated carbocycles. The van der Waals surface area contributed by atoms with Gasteiger partial charge in [0.15, 0.2) is 5.96 Å². The molecule has 0 aliphatic heterocycles. The van der Waals surface area contributed by atoms with Crippen molar-refractivity contribution >= 4 is 11.9 Å². The van der Waals surface area contributed by atoms with Crippen LogP contribution >= 0.6 is 0 Å². The lowest BCUT2D eigenvalue weighted by molar-refractivity contribution is -0.121. The van der Waals surface area contributed by atoms with E-state index in [9.17, 15) is 4.79 Å². The van der Waals surface area contributed by atoms with Gasteiger partial charge in [-0.15, -0.1) is 0 Å². The Morgan fingerprint density at radius 3 is 2.72 bits per heavy atom. The van der Waals surface area contributed by atoms with Gasteiger partial charge in [-0.3, -0.25) is 9.79 Å². The second-order valence-corrected chi connectivity index (χ2v) is 6.43. The Hall–Kier alpha value is -2.08. The van der Waals surface area contributed by atoms with Crippen LogP contribution < -0.4 is 10.6 Å². The van der Waals surface area contributed by atoms with Crippen molar-refractivity contribution < 1.29 is 9.53 Å². The second kappa shape index (κ2) is 10.7. The molecule has 1 aromatic carbocycles. The molecular formula is C19H30N4O2. The third kappa shape index (κ3) is 8.03. The minimum Gasteiger partial charge on any atom is -0.379 e. The summed E-state index contributed by atoms with van der Waals surface area (Å²) >= 11 is 0. The average molecular weight is 346 g/mol. The van der Waals surface area contributed by atoms with Crippen molar-refractivity contribution in [2.24, 2.45) is 10.9 Å². The highest BCUT2D eigenvalue weighted by Gasteiger charge is 2.21. The number of hydrogen-bond donors (Lipinski definition) is 2. The largest absolute Gasteiger partial charge is 0.379 e. The smallest absolute Gasteiger partial charge is 0.222 e. The first-order valence-corrected chi connectivity index (χ1v) is 8.99. The predicted molar refractivity (Wildman–Crippen MR) is 100 cm³/mol. The molecule has 0 radical (unpaired) electrons. The zero-order valence-corrected chi connectivity index (χ0v) is 15.3. The van der Waals surface area contributed by atoms with Crippen molar-refractivity contribution in [3.8, 4) is 0 Å². The Morgan fingerprint density at radius 1 is 1.28 bits per heavy atom. The van der Waals surface area contributed by atoms with E-state index in [-0.39, 0.29) is 5.91 Å². The van der Waals surface area contributed by atoms with Crippen molar-refractivity contribution in [1.82, 2.24) is 15.5 Å². The molecule has 0 unspecified atom stereocenters. The number of hydrogen-bond acceptors (Lipinski definition) is 3. The molecule has 0 aromatic heterocycles. The van der Waals surface area contributed by atoms with Crippen molar-refractivity contribution in [3.05, 3.63) is 35.9 Å². The van der Waals surface area contributed by atoms with Crippen LogP contribution in [0.5, 0.6) is 0 Å². The Labute approximate surface area is 150 Å². The van der Waals surface area contributed by atoms with Gasteiger partial charge >= 0.3 is 0 Å². The molecule has 6 heteroatoms. The lowest BCUT2D eigenvalue weighted by atomic mass is 10.2. The lowest BCUT2D eigenvalue weighted by Gasteiger charge is -2.22. The van der Waals surface area contributed by atoms with E-state index in [0.29, 0.717) is 26.1 Å². The monoisotopic (exact) mass is 346 g/mol. The van der Waals surface area contributed by atoms with Gasteiger partial charge in [0.05, 0.1) is 6.61 Å². The summed E-state index contributed by atoms with van der Waals surface area (Å²) in [5.74, 6) is 1.60. The molecule has 6 nitrogen and oxygen atoms in total. The molecule has 0 heterocycles. The van der Waals surface area contributed by atoms with Gasteiger partial charge in [0.1, 0.15) is 0 Å². The first-order chi connectivity index (χ1) is 12.2. The van der Waals surface area contributed by atoms with Crippen molar-refractivity contribution in [2.45, 2.75) is 25.8 Å². The number of carbonyl (C=O) groups is 1. The molecule has 1 fully saturated rings. The molecule has 25 heavy (non-hydrogen) atoms. The summed E-state index contributed by atoms with van der Waals surface area (Å²) in [5, 5.41) is 6.15. The topological polar surface area (TPSA) is 66.0 Å². The average Bonchev–Trinajstić information content (AvgIpc) is 3.46. The van der Waals surface area contributed by atoms with Crippen LogP contribution in [0.25, 0.3) is 0 Å². The number of rotatable bonds is 10. The number of nitrogens with zero attached hydrogens (tertiary/aromatic N) is 2. The van der Waals surface area contributed by atoms with Crippen molar-refractivity contribution in [1.29, 1.82) is 0 Å². The standard InChI is InChI=1S/C19H30N4O2/c1-20-19(23(2)12-13-25-15-17-8-9-17)21-11-10-18(24)22-14-16-6-4-3-5-7-16/h3-7,17H,8-15H2,1-2H3,(H,20,21)(H,22,24). The van der Waals surface area contributed by atoms with Gasteiger partial charge in [-0.2, -0.15) is 0 Å². The van der Waals surface area contributed by atoms with Gasteiger partial charge in [0.2, 0.25) is 5.91 Å². The Balaban J connectivity index is 1.56. The molecule has 2 rings (SSSR count). The highest BCUT2D eigenvalue weighted by Crippen LogP contribution is 2.28. The molecule has 1 aliphatic carbocycles. The van der Waals surface area contributed by atoms with Crippen molar-refractivity contribution in [2.75, 3.05) is 40.4 Å². The van der Waals surface area contributed by atoms with E-state index >= 15 is 0 Å². The number of guanidine groups is 1. The van der Waals surface area contributed by atoms with Crippen LogP contribution in [0.4, 0.5) is 0 Å². The SMILES string of the molecule is CN=C(NCCC(=O)NCc1ccccc1)N(C)CCOCC1CC1. The number of likely N-dealkylation sites (N-methyl/N-ethyl adjacent to an activating group) is 1.